The third-order valence-corrected chi connectivity index (χ3v) is 2.96. The first-order chi connectivity index (χ1) is 8.20. The van der Waals surface area contributed by atoms with Gasteiger partial charge in [0.2, 0.25) is 5.91 Å². The number of nitrogens with one attached hydrogen (secondary N) is 1. The number of carbonyl (C=O) groups excluding carboxylic acids is 1. The summed E-state index contributed by atoms with van der Waals surface area (Å²) in [7, 11) is 0. The Balaban J connectivity index is 1.98. The quantitative estimate of drug-likeness (QED) is 0.658. The summed E-state index contributed by atoms with van der Waals surface area (Å²) < 4.78 is 5.19. The lowest BCUT2D eigenvalue weighted by atomic mass is 9.99. The van der Waals surface area contributed by atoms with Crippen molar-refractivity contribution in [1.29, 1.82) is 0 Å². The van der Waals surface area contributed by atoms with E-state index in [9.17, 15) is 9.59 Å². The number of hydrogen-bond donors (Lipinski definition) is 2. The van der Waals surface area contributed by atoms with Crippen LogP contribution in [0.2, 0.25) is 0 Å². The van der Waals surface area contributed by atoms with Gasteiger partial charge in [-0.15, -0.1) is 0 Å². The number of ether oxygens (including phenoxy) is 1. The maximum Gasteiger partial charge on any atom is 0.303 e. The fraction of sp³-hybridized carbons (Fsp3) is 0.833. The molecule has 1 rings (SSSR count). The van der Waals surface area contributed by atoms with E-state index in [2.05, 4.69) is 5.32 Å². The second-order valence-electron chi connectivity index (χ2n) is 4.38. The van der Waals surface area contributed by atoms with Gasteiger partial charge in [-0.3, -0.25) is 9.59 Å². The van der Waals surface area contributed by atoms with Crippen LogP contribution in [0.25, 0.3) is 0 Å². The SMILES string of the molecule is O=C(O)CCCCCNC(=O)C1CCOCC1. The molecule has 1 aliphatic heterocycles. The highest BCUT2D eigenvalue weighted by molar-refractivity contribution is 5.78. The maximum atomic E-state index is 11.7. The van der Waals surface area contributed by atoms with Crippen LogP contribution in [0.1, 0.15) is 38.5 Å². The fourth-order valence-corrected chi connectivity index (χ4v) is 1.89. The summed E-state index contributed by atoms with van der Waals surface area (Å²) in [5.74, 6) is -0.537. The van der Waals surface area contributed by atoms with Gasteiger partial charge in [0.05, 0.1) is 0 Å². The summed E-state index contributed by atoms with van der Waals surface area (Å²) in [4.78, 5) is 21.9. The molecule has 0 aromatic carbocycles. The smallest absolute Gasteiger partial charge is 0.303 e. The largest absolute Gasteiger partial charge is 0.481 e. The van der Waals surface area contributed by atoms with Crippen molar-refractivity contribution < 1.29 is 19.4 Å². The Bertz CT molecular complexity index is 249. The zero-order chi connectivity index (χ0) is 12.5. The maximum absolute atomic E-state index is 11.7. The molecule has 5 nitrogen and oxygen atoms in total. The van der Waals surface area contributed by atoms with Crippen LogP contribution in [0.3, 0.4) is 0 Å². The Morgan fingerprint density at radius 1 is 1.18 bits per heavy atom. The summed E-state index contributed by atoms with van der Waals surface area (Å²) in [6.45, 7) is 2.00. The minimum Gasteiger partial charge on any atom is -0.481 e. The molecular weight excluding hydrogens is 222 g/mol. The number of aliphatic carboxylic acids is 1. The first-order valence-electron chi connectivity index (χ1n) is 6.27. The number of unbranched alkanes of at least 4 members (excludes halogenated alkanes) is 2. The van der Waals surface area contributed by atoms with E-state index in [1.165, 1.54) is 0 Å². The number of amides is 1. The molecule has 0 aliphatic carbocycles. The topological polar surface area (TPSA) is 75.6 Å². The third-order valence-electron chi connectivity index (χ3n) is 2.96. The van der Waals surface area contributed by atoms with Gasteiger partial charge >= 0.3 is 5.97 Å². The molecule has 5 heteroatoms. The Morgan fingerprint density at radius 3 is 2.53 bits per heavy atom. The van der Waals surface area contributed by atoms with Gasteiger partial charge in [-0.2, -0.15) is 0 Å². The summed E-state index contributed by atoms with van der Waals surface area (Å²) in [5, 5.41) is 11.3. The number of rotatable bonds is 7. The summed E-state index contributed by atoms with van der Waals surface area (Å²) in [5.41, 5.74) is 0. The standard InChI is InChI=1S/C12H21NO4/c14-11(15)4-2-1-3-7-13-12(16)10-5-8-17-9-6-10/h10H,1-9H2,(H,13,16)(H,14,15). The fourth-order valence-electron chi connectivity index (χ4n) is 1.89. The molecule has 17 heavy (non-hydrogen) atoms. The first-order valence-corrected chi connectivity index (χ1v) is 6.27. The van der Waals surface area contributed by atoms with Gasteiger partial charge < -0.3 is 15.2 Å². The number of carbonyl (C=O) groups is 2. The van der Waals surface area contributed by atoms with E-state index in [-0.39, 0.29) is 18.2 Å². The molecule has 2 N–H and O–H groups in total. The highest BCUT2D eigenvalue weighted by Crippen LogP contribution is 2.14. The molecule has 1 saturated heterocycles. The predicted octanol–water partition coefficient (Wildman–Crippen LogP) is 1.17. The molecule has 0 aromatic heterocycles. The molecule has 1 fully saturated rings. The summed E-state index contributed by atoms with van der Waals surface area (Å²) in [6, 6.07) is 0. The van der Waals surface area contributed by atoms with Crippen LogP contribution in [-0.2, 0) is 14.3 Å². The van der Waals surface area contributed by atoms with Crippen molar-refractivity contribution in [1.82, 2.24) is 5.32 Å². The molecule has 0 saturated carbocycles. The van der Waals surface area contributed by atoms with Crippen molar-refractivity contribution in [3.63, 3.8) is 0 Å². The van der Waals surface area contributed by atoms with E-state index in [1.54, 1.807) is 0 Å². The molecule has 0 radical (unpaired) electrons. The molecule has 0 aromatic rings. The van der Waals surface area contributed by atoms with Gasteiger partial charge in [0, 0.05) is 32.1 Å². The van der Waals surface area contributed by atoms with Gasteiger partial charge in [0.15, 0.2) is 0 Å². The zero-order valence-electron chi connectivity index (χ0n) is 10.1. The molecule has 1 aliphatic rings. The van der Waals surface area contributed by atoms with Crippen molar-refractivity contribution in [2.75, 3.05) is 19.8 Å². The van der Waals surface area contributed by atoms with Crippen LogP contribution in [0.15, 0.2) is 0 Å². The van der Waals surface area contributed by atoms with E-state index < -0.39 is 5.97 Å². The van der Waals surface area contributed by atoms with E-state index in [0.717, 1.165) is 25.7 Å². The Morgan fingerprint density at radius 2 is 1.88 bits per heavy atom. The van der Waals surface area contributed by atoms with Gasteiger partial charge in [-0.1, -0.05) is 6.42 Å². The third kappa shape index (κ3) is 6.26. The van der Waals surface area contributed by atoms with Crippen molar-refractivity contribution in [2.45, 2.75) is 38.5 Å². The second kappa shape index (κ2) is 8.06. The predicted molar refractivity (Wildman–Crippen MR) is 62.7 cm³/mol. The number of carboxylic acid groups (broad SMARTS) is 1. The van der Waals surface area contributed by atoms with Gasteiger partial charge in [0.25, 0.3) is 0 Å². The van der Waals surface area contributed by atoms with Crippen LogP contribution in [0.4, 0.5) is 0 Å². The molecule has 98 valence electrons. The summed E-state index contributed by atoms with van der Waals surface area (Å²) in [6.07, 6.45) is 4.22. The molecule has 0 bridgehead atoms. The molecule has 0 unspecified atom stereocenters. The lowest BCUT2D eigenvalue weighted by Crippen LogP contribution is -2.34. The molecule has 1 amide bonds. The van der Waals surface area contributed by atoms with Crippen molar-refractivity contribution in [3.8, 4) is 0 Å². The summed E-state index contributed by atoms with van der Waals surface area (Å²) >= 11 is 0. The van der Waals surface area contributed by atoms with Crippen LogP contribution in [0, 0.1) is 5.92 Å². The first kappa shape index (κ1) is 14.0. The zero-order valence-corrected chi connectivity index (χ0v) is 10.1. The highest BCUT2D eigenvalue weighted by atomic mass is 16.5. The van der Waals surface area contributed by atoms with E-state index >= 15 is 0 Å². The Kier molecular flexibility index (Phi) is 6.62. The van der Waals surface area contributed by atoms with Gasteiger partial charge in [0.1, 0.15) is 0 Å². The normalized spacial score (nSPS) is 16.7. The number of hydrogen-bond acceptors (Lipinski definition) is 3. The Hall–Kier alpha value is -1.10. The number of carboxylic acids is 1. The molecule has 0 spiro atoms. The minimum absolute atomic E-state index is 0.0998. The minimum atomic E-state index is -0.753. The van der Waals surface area contributed by atoms with Crippen molar-refractivity contribution >= 4 is 11.9 Å². The second-order valence-corrected chi connectivity index (χ2v) is 4.38. The van der Waals surface area contributed by atoms with E-state index in [4.69, 9.17) is 9.84 Å². The average molecular weight is 243 g/mol. The van der Waals surface area contributed by atoms with E-state index in [1.807, 2.05) is 0 Å². The van der Waals surface area contributed by atoms with Crippen LogP contribution in [0.5, 0.6) is 0 Å². The van der Waals surface area contributed by atoms with Gasteiger partial charge in [-0.05, 0) is 25.7 Å². The molecular formula is C12H21NO4. The van der Waals surface area contributed by atoms with Crippen molar-refractivity contribution in [3.05, 3.63) is 0 Å². The lowest BCUT2D eigenvalue weighted by Gasteiger charge is -2.21. The van der Waals surface area contributed by atoms with Crippen LogP contribution >= 0.6 is 0 Å². The van der Waals surface area contributed by atoms with Crippen molar-refractivity contribution in [2.24, 2.45) is 5.92 Å². The van der Waals surface area contributed by atoms with E-state index in [0.29, 0.717) is 26.2 Å². The Labute approximate surface area is 102 Å². The van der Waals surface area contributed by atoms with Crippen LogP contribution < -0.4 is 5.32 Å². The molecule has 1 heterocycles. The average Bonchev–Trinajstić information content (AvgIpc) is 2.34. The van der Waals surface area contributed by atoms with Gasteiger partial charge in [-0.25, -0.2) is 0 Å². The monoisotopic (exact) mass is 243 g/mol. The lowest BCUT2D eigenvalue weighted by molar-refractivity contribution is -0.137. The van der Waals surface area contributed by atoms with Crippen LogP contribution in [-0.4, -0.2) is 36.7 Å². The highest BCUT2D eigenvalue weighted by Gasteiger charge is 2.20. The molecule has 0 atom stereocenters.